The summed E-state index contributed by atoms with van der Waals surface area (Å²) < 4.78 is 44.8. The van der Waals surface area contributed by atoms with Crippen molar-refractivity contribution in [2.24, 2.45) is 5.92 Å². The van der Waals surface area contributed by atoms with Gasteiger partial charge >= 0.3 is 12.1 Å². The normalized spacial score (nSPS) is 12.6. The van der Waals surface area contributed by atoms with E-state index in [4.69, 9.17) is 4.74 Å². The molecule has 1 aromatic carbocycles. The maximum atomic E-state index is 13.2. The van der Waals surface area contributed by atoms with Crippen LogP contribution in [0.2, 0.25) is 0 Å². The zero-order valence-electron chi connectivity index (χ0n) is 17.7. The molecule has 2 rings (SSSR count). The van der Waals surface area contributed by atoms with E-state index >= 15 is 0 Å². The van der Waals surface area contributed by atoms with Crippen LogP contribution < -0.4 is 4.74 Å². The molecule has 164 valence electrons. The average molecular weight is 422 g/mol. The van der Waals surface area contributed by atoms with Gasteiger partial charge in [0.1, 0.15) is 5.75 Å². The van der Waals surface area contributed by atoms with Crippen LogP contribution in [0.25, 0.3) is 11.3 Å². The summed E-state index contributed by atoms with van der Waals surface area (Å²) in [5, 5.41) is 0. The summed E-state index contributed by atoms with van der Waals surface area (Å²) in [5.41, 5.74) is 2.81. The number of aryl methyl sites for hydroxylation is 1. The van der Waals surface area contributed by atoms with Crippen LogP contribution >= 0.6 is 0 Å². The fourth-order valence-corrected chi connectivity index (χ4v) is 3.30. The molecule has 1 aromatic heterocycles. The van der Waals surface area contributed by atoms with E-state index in [-0.39, 0.29) is 12.2 Å². The molecule has 3 nitrogen and oxygen atoms in total. The summed E-state index contributed by atoms with van der Waals surface area (Å²) in [6.45, 7) is 4.11. The third-order valence-corrected chi connectivity index (χ3v) is 5.03. The third kappa shape index (κ3) is 7.81. The van der Waals surface area contributed by atoms with E-state index in [1.54, 1.807) is 24.3 Å². The molecule has 0 N–H and O–H groups in total. The van der Waals surface area contributed by atoms with Crippen LogP contribution in [0.5, 0.6) is 5.75 Å². The topological polar surface area (TPSA) is 39.2 Å². The molecule has 0 aliphatic carbocycles. The number of alkyl halides is 3. The number of carbonyl (C=O) groups is 1. The second kappa shape index (κ2) is 11.7. The minimum absolute atomic E-state index is 0.0444. The smallest absolute Gasteiger partial charge is 0.392 e. The Balaban J connectivity index is 1.93. The van der Waals surface area contributed by atoms with Gasteiger partial charge in [0.15, 0.2) is 0 Å². The van der Waals surface area contributed by atoms with Gasteiger partial charge in [-0.05, 0) is 48.7 Å². The molecule has 30 heavy (non-hydrogen) atoms. The third-order valence-electron chi connectivity index (χ3n) is 5.03. The van der Waals surface area contributed by atoms with Gasteiger partial charge in [-0.25, -0.2) is 0 Å². The number of benzene rings is 1. The molecule has 0 radical (unpaired) electrons. The van der Waals surface area contributed by atoms with Gasteiger partial charge in [0.25, 0.3) is 0 Å². The number of rotatable bonds is 11. The monoisotopic (exact) mass is 421 g/mol. The summed E-state index contributed by atoms with van der Waals surface area (Å²) in [6, 6.07) is 10.6. The zero-order valence-corrected chi connectivity index (χ0v) is 17.7. The second-order valence-corrected chi connectivity index (χ2v) is 7.59. The van der Waals surface area contributed by atoms with E-state index in [0.29, 0.717) is 6.42 Å². The Morgan fingerprint density at radius 1 is 1.00 bits per heavy atom. The van der Waals surface area contributed by atoms with Gasteiger partial charge < -0.3 is 4.74 Å². The molecule has 0 saturated carbocycles. The number of pyridine rings is 1. The van der Waals surface area contributed by atoms with Crippen LogP contribution in [-0.2, 0) is 11.2 Å². The number of hydrogen-bond donors (Lipinski definition) is 0. The predicted molar refractivity (Wildman–Crippen MR) is 112 cm³/mol. The van der Waals surface area contributed by atoms with E-state index < -0.39 is 24.5 Å². The summed E-state index contributed by atoms with van der Waals surface area (Å²) >= 11 is 0. The Morgan fingerprint density at radius 3 is 2.30 bits per heavy atom. The number of aromatic nitrogens is 1. The molecular weight excluding hydrogens is 391 g/mol. The number of carbonyl (C=O) groups excluding carboxylic acids is 1. The highest BCUT2D eigenvalue weighted by Crippen LogP contribution is 2.33. The lowest BCUT2D eigenvalue weighted by Crippen LogP contribution is -2.27. The van der Waals surface area contributed by atoms with Crippen molar-refractivity contribution in [3.05, 3.63) is 48.2 Å². The van der Waals surface area contributed by atoms with Crippen LogP contribution in [-0.4, -0.2) is 17.1 Å². The van der Waals surface area contributed by atoms with E-state index in [1.165, 1.54) is 5.56 Å². The minimum atomic E-state index is -4.40. The molecule has 0 aliphatic rings. The Kier molecular flexibility index (Phi) is 9.34. The highest BCUT2D eigenvalue weighted by Gasteiger charge is 2.40. The summed E-state index contributed by atoms with van der Waals surface area (Å²) in [7, 11) is 0. The van der Waals surface area contributed by atoms with Crippen molar-refractivity contribution in [3.63, 3.8) is 0 Å². The Hall–Kier alpha value is -2.37. The minimum Gasteiger partial charge on any atom is -0.427 e. The van der Waals surface area contributed by atoms with Crippen LogP contribution in [0.1, 0.15) is 64.4 Å². The first-order valence-electron chi connectivity index (χ1n) is 10.7. The van der Waals surface area contributed by atoms with Crippen LogP contribution in [0, 0.1) is 5.92 Å². The molecule has 6 heteroatoms. The lowest BCUT2D eigenvalue weighted by molar-refractivity contribution is -0.183. The lowest BCUT2D eigenvalue weighted by Gasteiger charge is -2.19. The Labute approximate surface area is 176 Å². The molecule has 0 bridgehead atoms. The summed E-state index contributed by atoms with van der Waals surface area (Å²) in [5.74, 6) is -2.28. The van der Waals surface area contributed by atoms with E-state index in [0.717, 1.165) is 43.4 Å². The van der Waals surface area contributed by atoms with Gasteiger partial charge in [-0.1, -0.05) is 52.0 Å². The standard InChI is InChI=1S/C24H30F3NO2/c1-3-5-6-7-9-20(24(25,26)27)16-23(29)30-21-13-11-19(12-14-21)22-15-10-18(8-4-2)17-28-22/h10-15,17,20H,3-9,16H2,1-2H3. The first-order valence-corrected chi connectivity index (χ1v) is 10.7. The molecule has 0 fully saturated rings. The highest BCUT2D eigenvalue weighted by atomic mass is 19.4. The maximum absolute atomic E-state index is 13.2. The quantitative estimate of drug-likeness (QED) is 0.220. The largest absolute Gasteiger partial charge is 0.427 e. The van der Waals surface area contributed by atoms with Gasteiger partial charge in [0, 0.05) is 11.8 Å². The fraction of sp³-hybridized carbons (Fsp3) is 0.500. The molecule has 0 aliphatic heterocycles. The van der Waals surface area contributed by atoms with E-state index in [2.05, 4.69) is 11.9 Å². The van der Waals surface area contributed by atoms with Gasteiger partial charge in [0.05, 0.1) is 18.0 Å². The van der Waals surface area contributed by atoms with Crippen molar-refractivity contribution in [1.82, 2.24) is 4.98 Å². The first-order chi connectivity index (χ1) is 14.3. The van der Waals surface area contributed by atoms with Crippen molar-refractivity contribution >= 4 is 5.97 Å². The van der Waals surface area contributed by atoms with Gasteiger partial charge in [-0.2, -0.15) is 13.2 Å². The van der Waals surface area contributed by atoms with Crippen molar-refractivity contribution in [2.45, 2.75) is 71.4 Å². The molecule has 0 saturated heterocycles. The zero-order chi connectivity index (χ0) is 22.0. The average Bonchev–Trinajstić information content (AvgIpc) is 2.71. The van der Waals surface area contributed by atoms with Crippen molar-refractivity contribution < 1.29 is 22.7 Å². The van der Waals surface area contributed by atoms with Gasteiger partial charge in [-0.3, -0.25) is 9.78 Å². The molecule has 1 heterocycles. The number of hydrogen-bond acceptors (Lipinski definition) is 3. The van der Waals surface area contributed by atoms with Gasteiger partial charge in [-0.15, -0.1) is 0 Å². The second-order valence-electron chi connectivity index (χ2n) is 7.59. The highest BCUT2D eigenvalue weighted by molar-refractivity contribution is 5.73. The summed E-state index contributed by atoms with van der Waals surface area (Å²) in [6.07, 6.45) is 1.82. The van der Waals surface area contributed by atoms with E-state index in [9.17, 15) is 18.0 Å². The van der Waals surface area contributed by atoms with Crippen LogP contribution in [0.15, 0.2) is 42.6 Å². The fourth-order valence-electron chi connectivity index (χ4n) is 3.30. The van der Waals surface area contributed by atoms with E-state index in [1.807, 2.05) is 25.3 Å². The van der Waals surface area contributed by atoms with Crippen molar-refractivity contribution in [2.75, 3.05) is 0 Å². The molecule has 0 spiro atoms. The molecule has 2 aromatic rings. The number of ether oxygens (including phenoxy) is 1. The predicted octanol–water partition coefficient (Wildman–Crippen LogP) is 7.15. The number of esters is 1. The maximum Gasteiger partial charge on any atom is 0.392 e. The van der Waals surface area contributed by atoms with Crippen LogP contribution in [0.4, 0.5) is 13.2 Å². The number of unbranched alkanes of at least 4 members (excludes halogenated alkanes) is 3. The molecule has 1 atom stereocenters. The molecule has 1 unspecified atom stereocenters. The first kappa shape index (κ1) is 23.9. The van der Waals surface area contributed by atoms with Crippen molar-refractivity contribution in [1.29, 1.82) is 0 Å². The lowest BCUT2D eigenvalue weighted by atomic mass is 9.97. The molecule has 0 amide bonds. The van der Waals surface area contributed by atoms with Crippen LogP contribution in [0.3, 0.4) is 0 Å². The Bertz CT molecular complexity index is 771. The summed E-state index contributed by atoms with van der Waals surface area (Å²) in [4.78, 5) is 16.5. The van der Waals surface area contributed by atoms with Gasteiger partial charge in [0.2, 0.25) is 0 Å². The number of nitrogens with zero attached hydrogens (tertiary/aromatic N) is 1. The van der Waals surface area contributed by atoms with Crippen molar-refractivity contribution in [3.8, 4) is 17.0 Å². The number of halogens is 3. The Morgan fingerprint density at radius 2 is 1.73 bits per heavy atom. The molecular formula is C24H30F3NO2. The SMILES string of the molecule is CCCCCCC(CC(=O)Oc1ccc(-c2ccc(CCC)cn2)cc1)C(F)(F)F.